The van der Waals surface area contributed by atoms with Crippen molar-refractivity contribution in [2.75, 3.05) is 5.43 Å². The summed E-state index contributed by atoms with van der Waals surface area (Å²) >= 11 is 0. The lowest BCUT2D eigenvalue weighted by molar-refractivity contribution is -0.119. The molecule has 2 N–H and O–H groups in total. The highest BCUT2D eigenvalue weighted by Gasteiger charge is 2.09. The van der Waals surface area contributed by atoms with Gasteiger partial charge in [-0.3, -0.25) is 15.6 Å². The van der Waals surface area contributed by atoms with Gasteiger partial charge < -0.3 is 0 Å². The fourth-order valence-corrected chi connectivity index (χ4v) is 2.36. The number of carbonyl (C=O) groups excluding carboxylic acids is 1. The molecule has 0 unspecified atom stereocenters. The Bertz CT molecular complexity index is 583. The van der Waals surface area contributed by atoms with E-state index in [9.17, 15) is 4.79 Å². The Kier molecular flexibility index (Phi) is 4.41. The van der Waals surface area contributed by atoms with E-state index in [1.165, 1.54) is 5.56 Å². The Morgan fingerprint density at radius 2 is 1.60 bits per heavy atom. The van der Waals surface area contributed by atoms with Crippen molar-refractivity contribution in [1.82, 2.24) is 5.43 Å². The summed E-state index contributed by atoms with van der Waals surface area (Å²) in [5, 5.41) is 0. The molecule has 104 valence electrons. The fraction of sp³-hybridized carbons (Fsp3) is 0.235. The van der Waals surface area contributed by atoms with Crippen LogP contribution < -0.4 is 10.9 Å². The normalized spacial score (nSPS) is 10.2. The number of hydrogen-bond donors (Lipinski definition) is 2. The molecule has 2 aromatic rings. The molecule has 20 heavy (non-hydrogen) atoms. The van der Waals surface area contributed by atoms with E-state index in [-0.39, 0.29) is 5.91 Å². The Hall–Kier alpha value is -2.29. The molecular weight excluding hydrogens is 248 g/mol. The maximum Gasteiger partial charge on any atom is 0.242 e. The van der Waals surface area contributed by atoms with Gasteiger partial charge in [0.2, 0.25) is 5.91 Å². The van der Waals surface area contributed by atoms with Crippen molar-refractivity contribution >= 4 is 11.6 Å². The first-order valence-corrected chi connectivity index (χ1v) is 6.73. The number of rotatable bonds is 4. The highest BCUT2D eigenvalue weighted by molar-refractivity contribution is 5.80. The Labute approximate surface area is 120 Å². The average Bonchev–Trinajstić information content (AvgIpc) is 2.42. The molecule has 0 bridgehead atoms. The number of benzene rings is 2. The third kappa shape index (κ3) is 3.60. The first kappa shape index (κ1) is 14.1. The van der Waals surface area contributed by atoms with Crippen LogP contribution in [0.2, 0.25) is 0 Å². The van der Waals surface area contributed by atoms with Crippen molar-refractivity contribution in [1.29, 1.82) is 0 Å². The van der Waals surface area contributed by atoms with Gasteiger partial charge >= 0.3 is 0 Å². The van der Waals surface area contributed by atoms with Gasteiger partial charge in [-0.2, -0.15) is 0 Å². The quantitative estimate of drug-likeness (QED) is 0.835. The number of nitrogens with one attached hydrogen (secondary N) is 2. The lowest BCUT2D eigenvalue weighted by atomic mass is 9.97. The van der Waals surface area contributed by atoms with Gasteiger partial charge in [0.05, 0.1) is 12.1 Å². The van der Waals surface area contributed by atoms with E-state index in [1.54, 1.807) is 0 Å². The molecule has 0 fully saturated rings. The molecule has 0 aliphatic carbocycles. The molecule has 3 nitrogen and oxygen atoms in total. The lowest BCUT2D eigenvalue weighted by Crippen LogP contribution is -2.31. The minimum absolute atomic E-state index is 0.0380. The molecule has 2 aromatic carbocycles. The number of amides is 1. The molecule has 0 heterocycles. The first-order chi connectivity index (χ1) is 9.56. The van der Waals surface area contributed by atoms with Crippen LogP contribution in [0.3, 0.4) is 0 Å². The summed E-state index contributed by atoms with van der Waals surface area (Å²) in [5.41, 5.74) is 11.2. The number of anilines is 1. The maximum absolute atomic E-state index is 12.0. The highest BCUT2D eigenvalue weighted by atomic mass is 16.2. The van der Waals surface area contributed by atoms with Crippen LogP contribution in [0.15, 0.2) is 42.5 Å². The largest absolute Gasteiger partial charge is 0.299 e. The van der Waals surface area contributed by atoms with Crippen molar-refractivity contribution in [2.24, 2.45) is 0 Å². The van der Waals surface area contributed by atoms with E-state index in [1.807, 2.05) is 44.2 Å². The first-order valence-electron chi connectivity index (χ1n) is 6.73. The van der Waals surface area contributed by atoms with E-state index < -0.39 is 0 Å². The molecule has 3 heteroatoms. The van der Waals surface area contributed by atoms with E-state index in [4.69, 9.17) is 0 Å². The number of carbonyl (C=O) groups is 1. The Morgan fingerprint density at radius 3 is 2.20 bits per heavy atom. The Morgan fingerprint density at radius 1 is 1.00 bits per heavy atom. The van der Waals surface area contributed by atoms with Crippen LogP contribution in [0.5, 0.6) is 0 Å². The Balaban J connectivity index is 1.98. The van der Waals surface area contributed by atoms with Gasteiger partial charge in [0, 0.05) is 0 Å². The summed E-state index contributed by atoms with van der Waals surface area (Å²) < 4.78 is 0. The third-order valence-corrected chi connectivity index (χ3v) is 3.30. The van der Waals surface area contributed by atoms with Crippen LogP contribution in [0.25, 0.3) is 0 Å². The zero-order chi connectivity index (χ0) is 14.5. The predicted octanol–water partition coefficient (Wildman–Crippen LogP) is 3.30. The number of aryl methyl sites for hydroxylation is 3. The molecule has 0 aliphatic rings. The number of hydrogen-bond acceptors (Lipinski definition) is 2. The molecule has 0 saturated heterocycles. The SMILES string of the molecule is Cc1cc(C)c(CC(=O)NNc2ccccc2)c(C)c1. The van der Waals surface area contributed by atoms with Crippen LogP contribution in [-0.4, -0.2) is 5.91 Å². The number of para-hydroxylation sites is 1. The standard InChI is InChI=1S/C17H20N2O/c1-12-9-13(2)16(14(3)10-12)11-17(20)19-18-15-7-5-4-6-8-15/h4-10,18H,11H2,1-3H3,(H,19,20). The van der Waals surface area contributed by atoms with Gasteiger partial charge in [0.15, 0.2) is 0 Å². The van der Waals surface area contributed by atoms with E-state index in [0.717, 1.165) is 22.4 Å². The third-order valence-electron chi connectivity index (χ3n) is 3.30. The fourth-order valence-electron chi connectivity index (χ4n) is 2.36. The molecule has 0 radical (unpaired) electrons. The molecule has 0 spiro atoms. The van der Waals surface area contributed by atoms with Crippen LogP contribution in [0.1, 0.15) is 22.3 Å². The van der Waals surface area contributed by atoms with Crippen molar-refractivity contribution < 1.29 is 4.79 Å². The summed E-state index contributed by atoms with van der Waals surface area (Å²) in [6.07, 6.45) is 0.387. The molecule has 1 amide bonds. The molecule has 0 aliphatic heterocycles. The summed E-state index contributed by atoms with van der Waals surface area (Å²) in [6, 6.07) is 13.8. The van der Waals surface area contributed by atoms with Gasteiger partial charge in [0.25, 0.3) is 0 Å². The van der Waals surface area contributed by atoms with Crippen LogP contribution >= 0.6 is 0 Å². The smallest absolute Gasteiger partial charge is 0.242 e. The average molecular weight is 268 g/mol. The zero-order valence-electron chi connectivity index (χ0n) is 12.2. The van der Waals surface area contributed by atoms with Crippen molar-refractivity contribution in [3.05, 3.63) is 64.7 Å². The minimum Gasteiger partial charge on any atom is -0.299 e. The van der Waals surface area contributed by atoms with Gasteiger partial charge in [-0.15, -0.1) is 0 Å². The van der Waals surface area contributed by atoms with Gasteiger partial charge in [-0.1, -0.05) is 35.9 Å². The second-order valence-corrected chi connectivity index (χ2v) is 5.09. The van der Waals surface area contributed by atoms with Crippen LogP contribution in [0, 0.1) is 20.8 Å². The van der Waals surface area contributed by atoms with E-state index in [0.29, 0.717) is 6.42 Å². The van der Waals surface area contributed by atoms with Crippen molar-refractivity contribution in [3.63, 3.8) is 0 Å². The minimum atomic E-state index is -0.0380. The van der Waals surface area contributed by atoms with E-state index >= 15 is 0 Å². The maximum atomic E-state index is 12.0. The van der Waals surface area contributed by atoms with Crippen LogP contribution in [-0.2, 0) is 11.2 Å². The van der Waals surface area contributed by atoms with Gasteiger partial charge in [-0.25, -0.2) is 0 Å². The second kappa shape index (κ2) is 6.24. The highest BCUT2D eigenvalue weighted by Crippen LogP contribution is 2.16. The topological polar surface area (TPSA) is 41.1 Å². The summed E-state index contributed by atoms with van der Waals surface area (Å²) in [5.74, 6) is -0.0380. The zero-order valence-corrected chi connectivity index (χ0v) is 12.2. The molecular formula is C17H20N2O. The molecule has 0 saturated carbocycles. The van der Waals surface area contributed by atoms with Crippen molar-refractivity contribution in [2.45, 2.75) is 27.2 Å². The summed E-state index contributed by atoms with van der Waals surface area (Å²) in [6.45, 7) is 6.17. The lowest BCUT2D eigenvalue weighted by Gasteiger charge is -2.12. The molecule has 0 aromatic heterocycles. The predicted molar refractivity (Wildman–Crippen MR) is 82.6 cm³/mol. The van der Waals surface area contributed by atoms with Gasteiger partial charge in [0.1, 0.15) is 0 Å². The monoisotopic (exact) mass is 268 g/mol. The summed E-state index contributed by atoms with van der Waals surface area (Å²) in [7, 11) is 0. The van der Waals surface area contributed by atoms with E-state index in [2.05, 4.69) is 29.9 Å². The molecule has 0 atom stereocenters. The second-order valence-electron chi connectivity index (χ2n) is 5.09. The van der Waals surface area contributed by atoms with Crippen LogP contribution in [0.4, 0.5) is 5.69 Å². The van der Waals surface area contributed by atoms with Crippen molar-refractivity contribution in [3.8, 4) is 0 Å². The summed E-state index contributed by atoms with van der Waals surface area (Å²) in [4.78, 5) is 12.0. The van der Waals surface area contributed by atoms with Gasteiger partial charge in [-0.05, 0) is 49.6 Å². The molecule has 2 rings (SSSR count). The number of hydrazine groups is 1.